The molecule has 2 aliphatic rings. The number of fused-ring (bicyclic) bond motifs is 10. The van der Waals surface area contributed by atoms with E-state index in [1.165, 1.54) is 0 Å². The van der Waals surface area contributed by atoms with Crippen LogP contribution in [-0.4, -0.2) is 11.6 Å². The molecule has 2 aliphatic carbocycles. The monoisotopic (exact) mass is 512 g/mol. The number of carbonyl (C=O) groups excluding carboxylic acids is 2. The molecule has 0 unspecified atom stereocenters. The predicted molar refractivity (Wildman–Crippen MR) is 167 cm³/mol. The summed E-state index contributed by atoms with van der Waals surface area (Å²) >= 11 is 0. The lowest BCUT2D eigenvalue weighted by atomic mass is 9.76. The van der Waals surface area contributed by atoms with E-state index in [2.05, 4.69) is 74.5 Å². The minimum atomic E-state index is -0.135. The summed E-state index contributed by atoms with van der Waals surface area (Å²) < 4.78 is 0. The normalized spacial score (nSPS) is 16.4. The van der Waals surface area contributed by atoms with Crippen molar-refractivity contribution in [2.24, 2.45) is 0 Å². The van der Waals surface area contributed by atoms with Crippen molar-refractivity contribution in [1.29, 1.82) is 0 Å². The maximum atomic E-state index is 14.0. The van der Waals surface area contributed by atoms with Gasteiger partial charge in [0.1, 0.15) is 0 Å². The van der Waals surface area contributed by atoms with Crippen LogP contribution in [0.4, 0.5) is 0 Å². The third-order valence-corrected chi connectivity index (χ3v) is 8.60. The fourth-order valence-electron chi connectivity index (χ4n) is 6.84. The largest absolute Gasteiger partial charge is 0.289 e. The number of hydrogen-bond donors (Lipinski definition) is 0. The van der Waals surface area contributed by atoms with Gasteiger partial charge in [0, 0.05) is 22.3 Å². The molecule has 0 heterocycles. The summed E-state index contributed by atoms with van der Waals surface area (Å²) in [6.07, 6.45) is 7.06. The topological polar surface area (TPSA) is 34.1 Å². The molecule has 0 spiro atoms. The molecule has 0 atom stereocenters. The molecule has 0 bridgehead atoms. The first-order valence-corrected chi connectivity index (χ1v) is 13.6. The number of rotatable bonds is 0. The second kappa shape index (κ2) is 8.21. The number of hydrogen-bond acceptors (Lipinski definition) is 2. The Morgan fingerprint density at radius 1 is 0.450 bits per heavy atom. The third-order valence-electron chi connectivity index (χ3n) is 8.60. The predicted octanol–water partition coefficient (Wildman–Crippen LogP) is 9.02. The van der Waals surface area contributed by atoms with Crippen LogP contribution in [0.25, 0.3) is 66.4 Å². The van der Waals surface area contributed by atoms with Crippen LogP contribution in [-0.2, 0) is 9.59 Å². The Hall–Kier alpha value is -5.08. The highest BCUT2D eigenvalue weighted by molar-refractivity contribution is 6.50. The van der Waals surface area contributed by atoms with Gasteiger partial charge >= 0.3 is 0 Å². The molecule has 188 valence electrons. The highest BCUT2D eigenvalue weighted by Gasteiger charge is 2.32. The van der Waals surface area contributed by atoms with Crippen LogP contribution in [0.15, 0.2) is 97.1 Å². The van der Waals surface area contributed by atoms with Crippen LogP contribution in [0.1, 0.15) is 33.4 Å². The summed E-state index contributed by atoms with van der Waals surface area (Å²) in [5, 5.41) is 8.62. The van der Waals surface area contributed by atoms with Crippen molar-refractivity contribution in [3.05, 3.63) is 130 Å². The number of carbonyl (C=O) groups is 2. The molecule has 0 amide bonds. The Labute approximate surface area is 231 Å². The van der Waals surface area contributed by atoms with E-state index < -0.39 is 0 Å². The van der Waals surface area contributed by atoms with Crippen molar-refractivity contribution in [2.75, 3.05) is 0 Å². The molecular weight excluding hydrogens is 488 g/mol. The van der Waals surface area contributed by atoms with E-state index in [-0.39, 0.29) is 11.6 Å². The second-order valence-corrected chi connectivity index (χ2v) is 10.9. The van der Waals surface area contributed by atoms with E-state index in [1.807, 2.05) is 36.4 Å². The lowest BCUT2D eigenvalue weighted by molar-refractivity contribution is -0.111. The van der Waals surface area contributed by atoms with Crippen LogP contribution in [0, 0.1) is 13.8 Å². The van der Waals surface area contributed by atoms with Gasteiger partial charge in [-0.3, -0.25) is 9.59 Å². The van der Waals surface area contributed by atoms with E-state index in [0.717, 1.165) is 76.5 Å². The lowest BCUT2D eigenvalue weighted by Crippen LogP contribution is -2.15. The molecule has 0 saturated carbocycles. The fourth-order valence-corrected chi connectivity index (χ4v) is 6.84. The van der Waals surface area contributed by atoms with E-state index in [0.29, 0.717) is 11.1 Å². The number of benzene rings is 6. The van der Waals surface area contributed by atoms with Gasteiger partial charge in [-0.15, -0.1) is 0 Å². The maximum Gasteiger partial charge on any atom is 0.187 e. The highest BCUT2D eigenvalue weighted by Crippen LogP contribution is 2.46. The van der Waals surface area contributed by atoms with E-state index in [1.54, 1.807) is 12.2 Å². The molecule has 6 aromatic carbocycles. The summed E-state index contributed by atoms with van der Waals surface area (Å²) in [4.78, 5) is 28.0. The summed E-state index contributed by atoms with van der Waals surface area (Å²) in [6, 6.07) is 29.4. The molecular formula is C38H24O2. The van der Waals surface area contributed by atoms with E-state index in [4.69, 9.17) is 0 Å². The molecule has 40 heavy (non-hydrogen) atoms. The van der Waals surface area contributed by atoms with Gasteiger partial charge in [-0.1, -0.05) is 97.1 Å². The molecule has 8 rings (SSSR count). The number of ketones is 2. The van der Waals surface area contributed by atoms with Crippen LogP contribution in [0.3, 0.4) is 0 Å². The zero-order valence-electron chi connectivity index (χ0n) is 22.2. The van der Waals surface area contributed by atoms with Gasteiger partial charge in [0.15, 0.2) is 11.6 Å². The molecule has 0 N–H and O–H groups in total. The summed E-state index contributed by atoms with van der Waals surface area (Å²) in [6.45, 7) is 4.22. The van der Waals surface area contributed by atoms with Crippen molar-refractivity contribution in [3.63, 3.8) is 0 Å². The van der Waals surface area contributed by atoms with Gasteiger partial charge in [-0.25, -0.2) is 0 Å². The molecule has 0 aliphatic heterocycles. The third kappa shape index (κ3) is 3.05. The van der Waals surface area contributed by atoms with Gasteiger partial charge in [-0.2, -0.15) is 0 Å². The van der Waals surface area contributed by atoms with Crippen LogP contribution < -0.4 is 0 Å². The van der Waals surface area contributed by atoms with Crippen LogP contribution in [0.5, 0.6) is 0 Å². The van der Waals surface area contributed by atoms with Crippen molar-refractivity contribution in [1.82, 2.24) is 0 Å². The lowest BCUT2D eigenvalue weighted by Gasteiger charge is -2.25. The van der Waals surface area contributed by atoms with Gasteiger partial charge < -0.3 is 0 Å². The first-order chi connectivity index (χ1) is 19.5. The van der Waals surface area contributed by atoms with Crippen molar-refractivity contribution in [2.45, 2.75) is 13.8 Å². The van der Waals surface area contributed by atoms with Gasteiger partial charge in [0.2, 0.25) is 0 Å². The van der Waals surface area contributed by atoms with Crippen LogP contribution >= 0.6 is 0 Å². The molecule has 6 aromatic rings. The van der Waals surface area contributed by atoms with Crippen LogP contribution in [0.2, 0.25) is 0 Å². The maximum absolute atomic E-state index is 14.0. The standard InChI is InChI=1S/C38H24O2/c1-21-19-25-13-17-31(39)37(33(25)35-27(21)15-11-23-7-3-5-9-29(23)35)38-32(40)18-14-26-20-22(2)28-16-12-24-8-4-6-10-30(24)36(28)34(26)38/h3-20H,1-2H3/b38-37+. The SMILES string of the molecule is Cc1cc2c(c3c1ccc1ccccc13)/C(=C1\C(=O)C=Cc3cc(C)c4ccc5ccccc5c4c31)C(=O)C=C2. The second-order valence-electron chi connectivity index (χ2n) is 10.9. The molecule has 0 radical (unpaired) electrons. The first-order valence-electron chi connectivity index (χ1n) is 13.6. The highest BCUT2D eigenvalue weighted by atomic mass is 16.1. The Morgan fingerprint density at radius 3 is 1.32 bits per heavy atom. The summed E-state index contributed by atoms with van der Waals surface area (Å²) in [7, 11) is 0. The quantitative estimate of drug-likeness (QED) is 0.150. The fraction of sp³-hybridized carbons (Fsp3) is 0.0526. The zero-order valence-corrected chi connectivity index (χ0v) is 22.2. The van der Waals surface area contributed by atoms with Crippen molar-refractivity contribution in [3.8, 4) is 0 Å². The van der Waals surface area contributed by atoms with Gasteiger partial charge in [0.05, 0.1) is 0 Å². The van der Waals surface area contributed by atoms with E-state index >= 15 is 0 Å². The Bertz CT molecular complexity index is 2100. The zero-order chi connectivity index (χ0) is 27.1. The molecule has 2 nitrogen and oxygen atoms in total. The smallest absolute Gasteiger partial charge is 0.187 e. The minimum absolute atomic E-state index is 0.135. The average Bonchev–Trinajstić information content (AvgIpc) is 2.97. The average molecular weight is 513 g/mol. The minimum Gasteiger partial charge on any atom is -0.289 e. The van der Waals surface area contributed by atoms with Gasteiger partial charge in [0.25, 0.3) is 0 Å². The number of allylic oxidation sites excluding steroid dienone is 4. The molecule has 0 fully saturated rings. The molecule has 0 saturated heterocycles. The number of aryl methyl sites for hydroxylation is 2. The van der Waals surface area contributed by atoms with E-state index in [9.17, 15) is 9.59 Å². The Balaban J connectivity index is 1.63. The Kier molecular flexibility index (Phi) is 4.69. The molecule has 0 aromatic heterocycles. The van der Waals surface area contributed by atoms with Crippen molar-refractivity contribution < 1.29 is 9.59 Å². The molecule has 2 heteroatoms. The Morgan fingerprint density at radius 2 is 0.875 bits per heavy atom. The summed E-state index contributed by atoms with van der Waals surface area (Å²) in [5.74, 6) is -0.270. The van der Waals surface area contributed by atoms with Crippen molar-refractivity contribution >= 4 is 78.0 Å². The van der Waals surface area contributed by atoms with Gasteiger partial charge in [-0.05, 0) is 91.3 Å². The first kappa shape index (κ1) is 22.9. The summed E-state index contributed by atoms with van der Waals surface area (Å²) in [5.41, 5.74) is 6.91.